The Morgan fingerprint density at radius 3 is 2.07 bits per heavy atom. The summed E-state index contributed by atoms with van der Waals surface area (Å²) >= 11 is 0. The predicted molar refractivity (Wildman–Crippen MR) is 56.8 cm³/mol. The molecule has 78 valence electrons. The number of hydrogen-bond donors (Lipinski definition) is 0. The summed E-state index contributed by atoms with van der Waals surface area (Å²) in [5.41, 5.74) is 1.11. The summed E-state index contributed by atoms with van der Waals surface area (Å²) in [4.78, 5) is 0. The highest BCUT2D eigenvalue weighted by Crippen LogP contribution is 2.37. The molecule has 0 N–H and O–H groups in total. The van der Waals surface area contributed by atoms with E-state index in [0.717, 1.165) is 12.0 Å². The van der Waals surface area contributed by atoms with Crippen LogP contribution in [-0.4, -0.2) is 6.79 Å². The lowest BCUT2D eigenvalue weighted by molar-refractivity contribution is -0.409. The van der Waals surface area contributed by atoms with Crippen molar-refractivity contribution >= 4 is 0 Å². The van der Waals surface area contributed by atoms with Crippen molar-refractivity contribution in [3.63, 3.8) is 0 Å². The van der Waals surface area contributed by atoms with Gasteiger partial charge in [0, 0.05) is 12.0 Å². The molecule has 0 aliphatic carbocycles. The van der Waals surface area contributed by atoms with Gasteiger partial charge in [0.2, 0.25) is 0 Å². The SMILES string of the molecule is CC.CCC1(c2ccccc2)OCO1. The minimum absolute atomic E-state index is 0.419. The molecular weight excluding hydrogens is 176 g/mol. The van der Waals surface area contributed by atoms with E-state index in [9.17, 15) is 0 Å². The molecule has 1 aliphatic rings. The third-order valence-electron chi connectivity index (χ3n) is 2.26. The maximum atomic E-state index is 5.43. The van der Waals surface area contributed by atoms with E-state index in [0.29, 0.717) is 6.79 Å². The van der Waals surface area contributed by atoms with Gasteiger partial charge in [0.05, 0.1) is 0 Å². The summed E-state index contributed by atoms with van der Waals surface area (Å²) in [6, 6.07) is 10.0. The molecule has 1 aromatic rings. The highest BCUT2D eigenvalue weighted by Gasteiger charge is 2.39. The lowest BCUT2D eigenvalue weighted by atomic mass is 10.0. The zero-order chi connectivity index (χ0) is 10.4. The van der Waals surface area contributed by atoms with Gasteiger partial charge in [0.15, 0.2) is 12.6 Å². The Labute approximate surface area is 85.8 Å². The van der Waals surface area contributed by atoms with Crippen molar-refractivity contribution in [3.8, 4) is 0 Å². The zero-order valence-electron chi connectivity index (χ0n) is 9.12. The van der Waals surface area contributed by atoms with Gasteiger partial charge in [-0.1, -0.05) is 51.1 Å². The third kappa shape index (κ3) is 1.97. The fourth-order valence-corrected chi connectivity index (χ4v) is 1.47. The van der Waals surface area contributed by atoms with E-state index < -0.39 is 5.79 Å². The number of rotatable bonds is 2. The molecule has 2 rings (SSSR count). The van der Waals surface area contributed by atoms with Crippen LogP contribution >= 0.6 is 0 Å². The van der Waals surface area contributed by atoms with E-state index in [1.54, 1.807) is 0 Å². The van der Waals surface area contributed by atoms with Gasteiger partial charge in [-0.15, -0.1) is 0 Å². The minimum atomic E-state index is -0.443. The molecule has 0 saturated carbocycles. The van der Waals surface area contributed by atoms with Gasteiger partial charge in [-0.05, 0) is 0 Å². The molecule has 14 heavy (non-hydrogen) atoms. The van der Waals surface area contributed by atoms with Crippen molar-refractivity contribution in [1.82, 2.24) is 0 Å². The van der Waals surface area contributed by atoms with E-state index in [2.05, 4.69) is 6.92 Å². The average molecular weight is 194 g/mol. The fraction of sp³-hybridized carbons (Fsp3) is 0.500. The summed E-state index contributed by atoms with van der Waals surface area (Å²) in [5, 5.41) is 0. The fourth-order valence-electron chi connectivity index (χ4n) is 1.47. The highest BCUT2D eigenvalue weighted by molar-refractivity contribution is 5.20. The smallest absolute Gasteiger partial charge is 0.199 e. The highest BCUT2D eigenvalue weighted by atomic mass is 16.9. The Kier molecular flexibility index (Phi) is 4.11. The lowest BCUT2D eigenvalue weighted by Crippen LogP contribution is -2.43. The Bertz CT molecular complexity index is 247. The second-order valence-electron chi connectivity index (χ2n) is 2.88. The van der Waals surface area contributed by atoms with Crippen LogP contribution in [0.25, 0.3) is 0 Å². The van der Waals surface area contributed by atoms with Crippen LogP contribution in [-0.2, 0) is 15.3 Å². The first-order valence-electron chi connectivity index (χ1n) is 5.21. The Morgan fingerprint density at radius 1 is 1.14 bits per heavy atom. The van der Waals surface area contributed by atoms with E-state index in [-0.39, 0.29) is 0 Å². The second kappa shape index (κ2) is 5.13. The third-order valence-corrected chi connectivity index (χ3v) is 2.26. The molecular formula is C12H18O2. The molecule has 1 fully saturated rings. The van der Waals surface area contributed by atoms with Gasteiger partial charge in [0.25, 0.3) is 0 Å². The number of benzene rings is 1. The first-order chi connectivity index (χ1) is 6.87. The second-order valence-corrected chi connectivity index (χ2v) is 2.88. The topological polar surface area (TPSA) is 18.5 Å². The Balaban J connectivity index is 0.000000461. The van der Waals surface area contributed by atoms with E-state index >= 15 is 0 Å². The quantitative estimate of drug-likeness (QED) is 0.719. The minimum Gasteiger partial charge on any atom is -0.319 e. The number of ether oxygens (including phenoxy) is 2. The average Bonchev–Trinajstić information content (AvgIpc) is 2.22. The molecule has 1 aliphatic heterocycles. The van der Waals surface area contributed by atoms with Crippen molar-refractivity contribution in [2.45, 2.75) is 33.0 Å². The van der Waals surface area contributed by atoms with Gasteiger partial charge < -0.3 is 9.47 Å². The Morgan fingerprint density at radius 2 is 1.71 bits per heavy atom. The zero-order valence-corrected chi connectivity index (χ0v) is 9.12. The molecule has 0 bridgehead atoms. The summed E-state index contributed by atoms with van der Waals surface area (Å²) in [6.07, 6.45) is 0.858. The van der Waals surface area contributed by atoms with Crippen molar-refractivity contribution in [2.75, 3.05) is 6.79 Å². The van der Waals surface area contributed by atoms with Crippen LogP contribution in [0.3, 0.4) is 0 Å². The molecule has 0 spiro atoms. The van der Waals surface area contributed by atoms with Gasteiger partial charge in [-0.2, -0.15) is 0 Å². The first kappa shape index (κ1) is 11.2. The summed E-state index contributed by atoms with van der Waals surface area (Å²) in [5.74, 6) is -0.443. The molecule has 0 radical (unpaired) electrons. The van der Waals surface area contributed by atoms with E-state index in [1.165, 1.54) is 0 Å². The van der Waals surface area contributed by atoms with Crippen LogP contribution in [0.5, 0.6) is 0 Å². The van der Waals surface area contributed by atoms with Crippen molar-refractivity contribution in [2.24, 2.45) is 0 Å². The molecule has 1 heterocycles. The molecule has 0 unspecified atom stereocenters. The monoisotopic (exact) mass is 194 g/mol. The molecule has 2 nitrogen and oxygen atoms in total. The van der Waals surface area contributed by atoms with E-state index in [4.69, 9.17) is 9.47 Å². The predicted octanol–water partition coefficient (Wildman–Crippen LogP) is 3.28. The Hall–Kier alpha value is -0.860. The maximum absolute atomic E-state index is 5.43. The van der Waals surface area contributed by atoms with Crippen LogP contribution in [0, 0.1) is 0 Å². The maximum Gasteiger partial charge on any atom is 0.199 e. The van der Waals surface area contributed by atoms with Gasteiger partial charge in [-0.3, -0.25) is 0 Å². The molecule has 2 heteroatoms. The van der Waals surface area contributed by atoms with Gasteiger partial charge >= 0.3 is 0 Å². The van der Waals surface area contributed by atoms with Crippen LogP contribution < -0.4 is 0 Å². The summed E-state index contributed by atoms with van der Waals surface area (Å²) in [6.45, 7) is 6.48. The molecule has 0 atom stereocenters. The van der Waals surface area contributed by atoms with Crippen molar-refractivity contribution in [1.29, 1.82) is 0 Å². The van der Waals surface area contributed by atoms with Crippen LogP contribution in [0.1, 0.15) is 32.8 Å². The van der Waals surface area contributed by atoms with Gasteiger partial charge in [0.1, 0.15) is 0 Å². The lowest BCUT2D eigenvalue weighted by Gasteiger charge is -2.41. The van der Waals surface area contributed by atoms with Crippen LogP contribution in [0.2, 0.25) is 0 Å². The van der Waals surface area contributed by atoms with Crippen LogP contribution in [0.4, 0.5) is 0 Å². The summed E-state index contributed by atoms with van der Waals surface area (Å²) in [7, 11) is 0. The molecule has 1 saturated heterocycles. The first-order valence-corrected chi connectivity index (χ1v) is 5.21. The number of hydrogen-bond acceptors (Lipinski definition) is 2. The van der Waals surface area contributed by atoms with Crippen molar-refractivity contribution in [3.05, 3.63) is 35.9 Å². The molecule has 1 aromatic carbocycles. The van der Waals surface area contributed by atoms with Crippen LogP contribution in [0.15, 0.2) is 30.3 Å². The largest absolute Gasteiger partial charge is 0.319 e. The molecule has 0 amide bonds. The molecule has 0 aromatic heterocycles. The standard InChI is InChI=1S/C10H12O2.C2H6/c1-2-10(11-8-12-10)9-6-4-3-5-7-9;1-2/h3-7H,2,8H2,1H3;1-2H3. The van der Waals surface area contributed by atoms with Gasteiger partial charge in [-0.25, -0.2) is 0 Å². The van der Waals surface area contributed by atoms with E-state index in [1.807, 2.05) is 44.2 Å². The normalized spacial score (nSPS) is 17.6. The summed E-state index contributed by atoms with van der Waals surface area (Å²) < 4.78 is 10.9. The van der Waals surface area contributed by atoms with Crippen molar-refractivity contribution < 1.29 is 9.47 Å².